The average molecular weight is 382 g/mol. The van der Waals surface area contributed by atoms with Gasteiger partial charge in [0.05, 0.1) is 30.2 Å². The molecule has 1 aromatic heterocycles. The zero-order chi connectivity index (χ0) is 19.4. The third-order valence-corrected chi connectivity index (χ3v) is 4.65. The molecule has 1 amide bonds. The van der Waals surface area contributed by atoms with E-state index in [-0.39, 0.29) is 5.91 Å². The van der Waals surface area contributed by atoms with Crippen molar-refractivity contribution >= 4 is 34.6 Å². The maximum atomic E-state index is 12.7. The topological polar surface area (TPSA) is 54.5 Å². The number of halogens is 1. The molecule has 1 N–H and O–H groups in total. The second-order valence-corrected chi connectivity index (χ2v) is 6.49. The molecule has 3 rings (SSSR count). The summed E-state index contributed by atoms with van der Waals surface area (Å²) in [7, 11) is 3.47. The van der Waals surface area contributed by atoms with Crippen molar-refractivity contribution in [2.45, 2.75) is 6.92 Å². The van der Waals surface area contributed by atoms with Gasteiger partial charge in [0.2, 0.25) is 0 Å². The molecule has 1 heterocycles. The van der Waals surface area contributed by atoms with Crippen molar-refractivity contribution in [3.8, 4) is 5.75 Å². The molecule has 27 heavy (non-hydrogen) atoms. The summed E-state index contributed by atoms with van der Waals surface area (Å²) in [6.07, 6.45) is 3.25. The molecule has 0 atom stereocenters. The fourth-order valence-electron chi connectivity index (χ4n) is 2.66. The van der Waals surface area contributed by atoms with Crippen molar-refractivity contribution in [2.24, 2.45) is 0 Å². The largest absolute Gasteiger partial charge is 0.495 e. The lowest BCUT2D eigenvalue weighted by Gasteiger charge is -2.19. The van der Waals surface area contributed by atoms with E-state index < -0.39 is 0 Å². The van der Waals surface area contributed by atoms with Crippen LogP contribution < -0.4 is 15.0 Å². The number of ether oxygens (including phenoxy) is 1. The molecule has 0 saturated carbocycles. The Kier molecular flexibility index (Phi) is 5.62. The number of aromatic nitrogens is 1. The number of hydrogen-bond donors (Lipinski definition) is 1. The van der Waals surface area contributed by atoms with Gasteiger partial charge >= 0.3 is 0 Å². The van der Waals surface area contributed by atoms with Gasteiger partial charge in [-0.15, -0.1) is 0 Å². The number of nitrogens with one attached hydrogen (secondary N) is 1. The number of amides is 1. The lowest BCUT2D eigenvalue weighted by atomic mass is 10.2. The van der Waals surface area contributed by atoms with E-state index >= 15 is 0 Å². The maximum Gasteiger partial charge on any atom is 0.257 e. The lowest BCUT2D eigenvalue weighted by Crippen LogP contribution is -2.15. The second kappa shape index (κ2) is 8.10. The Hall–Kier alpha value is -3.05. The lowest BCUT2D eigenvalue weighted by molar-refractivity contribution is 0.102. The first kappa shape index (κ1) is 18.7. The third-order valence-electron chi connectivity index (χ3n) is 4.25. The van der Waals surface area contributed by atoms with Crippen LogP contribution in [0, 0.1) is 6.92 Å². The van der Waals surface area contributed by atoms with E-state index in [0.717, 1.165) is 16.9 Å². The molecule has 0 saturated heterocycles. The summed E-state index contributed by atoms with van der Waals surface area (Å²) in [5.74, 6) is 0.232. The van der Waals surface area contributed by atoms with Gasteiger partial charge in [0.25, 0.3) is 5.91 Å². The molecule has 0 spiro atoms. The first-order valence-corrected chi connectivity index (χ1v) is 8.76. The first-order chi connectivity index (χ1) is 13.0. The van der Waals surface area contributed by atoms with E-state index in [1.54, 1.807) is 24.4 Å². The number of rotatable bonds is 5. The monoisotopic (exact) mass is 381 g/mol. The number of aryl methyl sites for hydroxylation is 1. The van der Waals surface area contributed by atoms with Crippen LogP contribution in [0.1, 0.15) is 15.9 Å². The van der Waals surface area contributed by atoms with Gasteiger partial charge in [-0.25, -0.2) is 0 Å². The van der Waals surface area contributed by atoms with Crippen LogP contribution in [0.3, 0.4) is 0 Å². The summed E-state index contributed by atoms with van der Waals surface area (Å²) < 4.78 is 5.31. The van der Waals surface area contributed by atoms with Crippen LogP contribution in [-0.4, -0.2) is 25.0 Å². The highest BCUT2D eigenvalue weighted by molar-refractivity contribution is 6.31. The average Bonchev–Trinajstić information content (AvgIpc) is 2.70. The van der Waals surface area contributed by atoms with Crippen LogP contribution in [0.15, 0.2) is 60.9 Å². The fraction of sp³-hybridized carbons (Fsp3) is 0.143. The highest BCUT2D eigenvalue weighted by Gasteiger charge is 2.14. The van der Waals surface area contributed by atoms with Gasteiger partial charge in [0, 0.05) is 30.0 Å². The summed E-state index contributed by atoms with van der Waals surface area (Å²) in [5.41, 5.74) is 3.68. The van der Waals surface area contributed by atoms with E-state index in [4.69, 9.17) is 16.3 Å². The maximum absolute atomic E-state index is 12.7. The minimum atomic E-state index is -0.272. The molecule has 0 unspecified atom stereocenters. The van der Waals surface area contributed by atoms with E-state index in [1.165, 1.54) is 13.3 Å². The molecule has 3 aromatic rings. The van der Waals surface area contributed by atoms with Crippen LogP contribution in [-0.2, 0) is 0 Å². The van der Waals surface area contributed by atoms with Crippen molar-refractivity contribution in [1.29, 1.82) is 0 Å². The van der Waals surface area contributed by atoms with Gasteiger partial charge in [-0.3, -0.25) is 9.78 Å². The summed E-state index contributed by atoms with van der Waals surface area (Å²) in [5, 5.41) is 3.45. The first-order valence-electron chi connectivity index (χ1n) is 8.39. The van der Waals surface area contributed by atoms with E-state index in [9.17, 15) is 4.79 Å². The Morgan fingerprint density at radius 1 is 1.11 bits per heavy atom. The van der Waals surface area contributed by atoms with E-state index in [0.29, 0.717) is 22.0 Å². The number of carbonyl (C=O) groups is 1. The molecule has 0 bridgehead atoms. The van der Waals surface area contributed by atoms with Crippen molar-refractivity contribution < 1.29 is 9.53 Å². The van der Waals surface area contributed by atoms with E-state index in [2.05, 4.69) is 10.3 Å². The van der Waals surface area contributed by atoms with Crippen molar-refractivity contribution in [2.75, 3.05) is 24.4 Å². The normalized spacial score (nSPS) is 10.4. The molecule has 2 aromatic carbocycles. The van der Waals surface area contributed by atoms with E-state index in [1.807, 2.05) is 49.2 Å². The highest BCUT2D eigenvalue weighted by Crippen LogP contribution is 2.31. The molecule has 0 radical (unpaired) electrons. The smallest absolute Gasteiger partial charge is 0.257 e. The molecule has 6 heteroatoms. The standard InChI is InChI=1S/C21H20ClN3O2/c1-14-9-19(20(27-3)11-18(14)22)24-21(26)15-10-17(13-23-12-15)25(2)16-7-5-4-6-8-16/h4-13H,1-3H3,(H,24,26). The zero-order valence-corrected chi connectivity index (χ0v) is 16.1. The minimum Gasteiger partial charge on any atom is -0.495 e. The van der Waals surface area contributed by atoms with Crippen LogP contribution in [0.5, 0.6) is 5.75 Å². The SMILES string of the molecule is COc1cc(Cl)c(C)cc1NC(=O)c1cncc(N(C)c2ccccc2)c1. The third kappa shape index (κ3) is 4.20. The Labute approximate surface area is 163 Å². The summed E-state index contributed by atoms with van der Waals surface area (Å²) in [4.78, 5) is 18.9. The quantitative estimate of drug-likeness (QED) is 0.670. The number of hydrogen-bond acceptors (Lipinski definition) is 4. The van der Waals surface area contributed by atoms with Gasteiger partial charge in [0.1, 0.15) is 5.75 Å². The molecular formula is C21H20ClN3O2. The number of pyridine rings is 1. The van der Waals surface area contributed by atoms with Gasteiger partial charge in [0.15, 0.2) is 0 Å². The fourth-order valence-corrected chi connectivity index (χ4v) is 2.81. The molecule has 5 nitrogen and oxygen atoms in total. The molecule has 0 aliphatic carbocycles. The number of para-hydroxylation sites is 1. The van der Waals surface area contributed by atoms with Gasteiger partial charge in [-0.05, 0) is 36.8 Å². The number of nitrogens with zero attached hydrogens (tertiary/aromatic N) is 2. The predicted molar refractivity (Wildman–Crippen MR) is 109 cm³/mol. The predicted octanol–water partition coefficient (Wildman–Crippen LogP) is 5.07. The number of anilines is 3. The Morgan fingerprint density at radius 2 is 1.85 bits per heavy atom. The summed E-state index contributed by atoms with van der Waals surface area (Å²) in [6, 6.07) is 15.1. The van der Waals surface area contributed by atoms with Gasteiger partial charge < -0.3 is 15.0 Å². The highest BCUT2D eigenvalue weighted by atomic mass is 35.5. The van der Waals surface area contributed by atoms with Crippen molar-refractivity contribution in [1.82, 2.24) is 4.98 Å². The van der Waals surface area contributed by atoms with Gasteiger partial charge in [-0.1, -0.05) is 29.8 Å². The van der Waals surface area contributed by atoms with Crippen LogP contribution in [0.2, 0.25) is 5.02 Å². The number of carbonyl (C=O) groups excluding carboxylic acids is 1. The Balaban J connectivity index is 1.85. The van der Waals surface area contributed by atoms with Crippen LogP contribution in [0.25, 0.3) is 0 Å². The summed E-state index contributed by atoms with van der Waals surface area (Å²) in [6.45, 7) is 1.87. The molecule has 0 fully saturated rings. The second-order valence-electron chi connectivity index (χ2n) is 6.08. The van der Waals surface area contributed by atoms with Crippen molar-refractivity contribution in [3.63, 3.8) is 0 Å². The van der Waals surface area contributed by atoms with Gasteiger partial charge in [-0.2, -0.15) is 0 Å². The summed E-state index contributed by atoms with van der Waals surface area (Å²) >= 11 is 6.12. The van der Waals surface area contributed by atoms with Crippen LogP contribution >= 0.6 is 11.6 Å². The van der Waals surface area contributed by atoms with Crippen molar-refractivity contribution in [3.05, 3.63) is 77.1 Å². The zero-order valence-electron chi connectivity index (χ0n) is 15.4. The molecule has 0 aliphatic heterocycles. The number of benzene rings is 2. The molecule has 0 aliphatic rings. The van der Waals surface area contributed by atoms with Crippen LogP contribution in [0.4, 0.5) is 17.1 Å². The number of methoxy groups -OCH3 is 1. The Bertz CT molecular complexity index is 961. The molecular weight excluding hydrogens is 362 g/mol. The minimum absolute atomic E-state index is 0.272. The molecule has 138 valence electrons. The Morgan fingerprint density at radius 3 is 2.56 bits per heavy atom.